The van der Waals surface area contributed by atoms with E-state index < -0.39 is 0 Å². The number of aryl methyl sites for hydroxylation is 1. The molecule has 0 bridgehead atoms. The first-order valence-corrected chi connectivity index (χ1v) is 5.43. The van der Waals surface area contributed by atoms with E-state index in [0.717, 1.165) is 34.4 Å². The van der Waals surface area contributed by atoms with Gasteiger partial charge in [0.2, 0.25) is 0 Å². The van der Waals surface area contributed by atoms with Crippen molar-refractivity contribution in [2.24, 2.45) is 5.73 Å². The number of nitrogens with two attached hydrogens (primary N) is 1. The predicted molar refractivity (Wildman–Crippen MR) is 53.9 cm³/mol. The smallest absolute Gasteiger partial charge is 0.139 e. The standard InChI is InChI=1S/C7H9Br2N3/c8-6-7(9)12-3-4(10)1-2-5(12)11-6/h4H,1-3,10H2. The minimum Gasteiger partial charge on any atom is -0.326 e. The molecule has 0 amide bonds. The molecule has 0 fully saturated rings. The molecule has 1 aromatic rings. The molecule has 0 saturated heterocycles. The molecule has 0 aliphatic carbocycles. The molecule has 5 heteroatoms. The second-order valence-electron chi connectivity index (χ2n) is 3.02. The van der Waals surface area contributed by atoms with Gasteiger partial charge in [0.1, 0.15) is 15.0 Å². The monoisotopic (exact) mass is 293 g/mol. The molecule has 12 heavy (non-hydrogen) atoms. The van der Waals surface area contributed by atoms with Gasteiger partial charge in [-0.15, -0.1) is 0 Å². The van der Waals surface area contributed by atoms with Gasteiger partial charge in [-0.25, -0.2) is 4.98 Å². The topological polar surface area (TPSA) is 43.8 Å². The van der Waals surface area contributed by atoms with E-state index in [1.165, 1.54) is 0 Å². The zero-order chi connectivity index (χ0) is 8.72. The predicted octanol–water partition coefficient (Wildman–Crippen LogP) is 1.68. The first kappa shape index (κ1) is 8.72. The molecule has 2 heterocycles. The van der Waals surface area contributed by atoms with Crippen LogP contribution in [-0.4, -0.2) is 15.6 Å². The van der Waals surface area contributed by atoms with Gasteiger partial charge in [0, 0.05) is 19.0 Å². The Morgan fingerprint density at radius 1 is 1.50 bits per heavy atom. The zero-order valence-corrected chi connectivity index (χ0v) is 9.60. The number of halogens is 2. The van der Waals surface area contributed by atoms with Crippen molar-refractivity contribution in [1.29, 1.82) is 0 Å². The number of imidazole rings is 1. The summed E-state index contributed by atoms with van der Waals surface area (Å²) in [6.45, 7) is 0.870. The van der Waals surface area contributed by atoms with Crippen molar-refractivity contribution in [3.05, 3.63) is 15.0 Å². The Labute approximate surface area is 87.6 Å². The molecule has 66 valence electrons. The first-order chi connectivity index (χ1) is 5.68. The molecule has 3 nitrogen and oxygen atoms in total. The summed E-state index contributed by atoms with van der Waals surface area (Å²) in [5.41, 5.74) is 5.84. The van der Waals surface area contributed by atoms with Crippen LogP contribution in [0, 0.1) is 0 Å². The van der Waals surface area contributed by atoms with Crippen molar-refractivity contribution in [2.45, 2.75) is 25.4 Å². The highest BCUT2D eigenvalue weighted by molar-refractivity contribution is 9.13. The van der Waals surface area contributed by atoms with Crippen LogP contribution >= 0.6 is 31.9 Å². The lowest BCUT2D eigenvalue weighted by Gasteiger charge is -2.20. The number of hydrogen-bond donors (Lipinski definition) is 1. The fourth-order valence-corrected chi connectivity index (χ4v) is 2.32. The Hall–Kier alpha value is 0.130. The molecule has 1 aliphatic heterocycles. The summed E-state index contributed by atoms with van der Waals surface area (Å²) in [6, 6.07) is 0.273. The van der Waals surface area contributed by atoms with E-state index in [-0.39, 0.29) is 6.04 Å². The summed E-state index contributed by atoms with van der Waals surface area (Å²) in [4.78, 5) is 4.36. The highest BCUT2D eigenvalue weighted by Gasteiger charge is 2.20. The molecule has 1 aromatic heterocycles. The molecular formula is C7H9Br2N3. The molecule has 0 radical (unpaired) electrons. The Morgan fingerprint density at radius 3 is 3.00 bits per heavy atom. The number of rotatable bonds is 0. The second-order valence-corrected chi connectivity index (χ2v) is 4.52. The van der Waals surface area contributed by atoms with Crippen LogP contribution in [0.3, 0.4) is 0 Å². The van der Waals surface area contributed by atoms with Crippen LogP contribution in [0.25, 0.3) is 0 Å². The summed E-state index contributed by atoms with van der Waals surface area (Å²) in [6.07, 6.45) is 2.02. The molecule has 0 aromatic carbocycles. The van der Waals surface area contributed by atoms with Crippen molar-refractivity contribution in [1.82, 2.24) is 9.55 Å². The first-order valence-electron chi connectivity index (χ1n) is 3.84. The third-order valence-corrected chi connectivity index (χ3v) is 3.99. The van der Waals surface area contributed by atoms with Gasteiger partial charge >= 0.3 is 0 Å². The molecular weight excluding hydrogens is 286 g/mol. The lowest BCUT2D eigenvalue weighted by Crippen LogP contribution is -2.32. The maximum Gasteiger partial charge on any atom is 0.139 e. The van der Waals surface area contributed by atoms with Gasteiger partial charge in [0.15, 0.2) is 0 Å². The van der Waals surface area contributed by atoms with E-state index in [4.69, 9.17) is 5.73 Å². The van der Waals surface area contributed by atoms with Gasteiger partial charge in [-0.2, -0.15) is 0 Å². The number of hydrogen-bond acceptors (Lipinski definition) is 2. The number of aromatic nitrogens is 2. The minimum absolute atomic E-state index is 0.273. The van der Waals surface area contributed by atoms with Gasteiger partial charge in [-0.3, -0.25) is 0 Å². The van der Waals surface area contributed by atoms with E-state index in [1.54, 1.807) is 0 Å². The largest absolute Gasteiger partial charge is 0.326 e. The summed E-state index contributed by atoms with van der Waals surface area (Å²) < 4.78 is 4.01. The summed E-state index contributed by atoms with van der Waals surface area (Å²) in [7, 11) is 0. The van der Waals surface area contributed by atoms with Crippen LogP contribution in [0.4, 0.5) is 0 Å². The summed E-state index contributed by atoms with van der Waals surface area (Å²) in [5.74, 6) is 1.12. The quantitative estimate of drug-likeness (QED) is 0.791. The molecule has 2 N–H and O–H groups in total. The second kappa shape index (κ2) is 3.12. The zero-order valence-electron chi connectivity index (χ0n) is 6.43. The van der Waals surface area contributed by atoms with Crippen LogP contribution in [0.5, 0.6) is 0 Å². The Bertz CT molecular complexity index is 308. The van der Waals surface area contributed by atoms with Crippen molar-refractivity contribution < 1.29 is 0 Å². The van der Waals surface area contributed by atoms with Crippen molar-refractivity contribution in [3.8, 4) is 0 Å². The molecule has 0 saturated carbocycles. The summed E-state index contributed by atoms with van der Waals surface area (Å²) in [5, 5.41) is 0. The number of nitrogens with zero attached hydrogens (tertiary/aromatic N) is 2. The van der Waals surface area contributed by atoms with Gasteiger partial charge in [-0.05, 0) is 38.3 Å². The van der Waals surface area contributed by atoms with Gasteiger partial charge in [0.25, 0.3) is 0 Å². The maximum absolute atomic E-state index is 5.84. The Balaban J connectivity index is 2.44. The van der Waals surface area contributed by atoms with E-state index in [0.29, 0.717) is 0 Å². The lowest BCUT2D eigenvalue weighted by atomic mass is 10.1. The third-order valence-electron chi connectivity index (χ3n) is 2.10. The maximum atomic E-state index is 5.84. The van der Waals surface area contributed by atoms with Gasteiger partial charge < -0.3 is 10.3 Å². The van der Waals surface area contributed by atoms with Crippen molar-refractivity contribution in [3.63, 3.8) is 0 Å². The van der Waals surface area contributed by atoms with Crippen molar-refractivity contribution >= 4 is 31.9 Å². The SMILES string of the molecule is NC1CCc2nc(Br)c(Br)n2C1. The van der Waals surface area contributed by atoms with Crippen molar-refractivity contribution in [2.75, 3.05) is 0 Å². The van der Waals surface area contributed by atoms with Crippen LogP contribution in [-0.2, 0) is 13.0 Å². The van der Waals surface area contributed by atoms with E-state index in [9.17, 15) is 0 Å². The van der Waals surface area contributed by atoms with Crippen LogP contribution in [0.2, 0.25) is 0 Å². The molecule has 0 spiro atoms. The Morgan fingerprint density at radius 2 is 2.25 bits per heavy atom. The fraction of sp³-hybridized carbons (Fsp3) is 0.571. The molecule has 1 aliphatic rings. The van der Waals surface area contributed by atoms with E-state index in [1.807, 2.05) is 0 Å². The summed E-state index contributed by atoms with van der Waals surface area (Å²) >= 11 is 6.84. The number of fused-ring (bicyclic) bond motifs is 1. The lowest BCUT2D eigenvalue weighted by molar-refractivity contribution is 0.449. The highest BCUT2D eigenvalue weighted by Crippen LogP contribution is 2.27. The van der Waals surface area contributed by atoms with Crippen LogP contribution in [0.1, 0.15) is 12.2 Å². The fourth-order valence-electron chi connectivity index (χ4n) is 1.46. The van der Waals surface area contributed by atoms with Crippen LogP contribution < -0.4 is 5.73 Å². The highest BCUT2D eigenvalue weighted by atomic mass is 79.9. The van der Waals surface area contributed by atoms with Crippen LogP contribution in [0.15, 0.2) is 9.21 Å². The van der Waals surface area contributed by atoms with E-state index in [2.05, 4.69) is 41.4 Å². The van der Waals surface area contributed by atoms with Gasteiger partial charge in [-0.1, -0.05) is 0 Å². The third kappa shape index (κ3) is 1.34. The average Bonchev–Trinajstić information content (AvgIpc) is 2.31. The Kier molecular flexibility index (Phi) is 2.27. The van der Waals surface area contributed by atoms with E-state index >= 15 is 0 Å². The van der Waals surface area contributed by atoms with Gasteiger partial charge in [0.05, 0.1) is 0 Å². The average molecular weight is 295 g/mol. The normalized spacial score (nSPS) is 22.4. The molecule has 1 atom stereocenters. The minimum atomic E-state index is 0.273. The molecule has 2 rings (SSSR count). The molecule has 1 unspecified atom stereocenters.